The van der Waals surface area contributed by atoms with E-state index in [4.69, 9.17) is 4.42 Å². The standard InChI is InChI=1S/C17H15N3O3/c1-20-10-2-4-14(20)16(21)18-12-6-8-13(9-7-12)19-17(22)15-5-3-11-23-15/h2-11H,1H3,(H,18,21)(H,19,22). The van der Waals surface area contributed by atoms with Gasteiger partial charge >= 0.3 is 0 Å². The van der Waals surface area contributed by atoms with Crippen LogP contribution in [0, 0.1) is 0 Å². The fourth-order valence-corrected chi connectivity index (χ4v) is 2.13. The molecular weight excluding hydrogens is 294 g/mol. The van der Waals surface area contributed by atoms with Crippen LogP contribution < -0.4 is 10.6 Å². The highest BCUT2D eigenvalue weighted by Gasteiger charge is 2.10. The van der Waals surface area contributed by atoms with Gasteiger partial charge in [0.1, 0.15) is 5.69 Å². The van der Waals surface area contributed by atoms with E-state index in [0.717, 1.165) is 0 Å². The van der Waals surface area contributed by atoms with Gasteiger partial charge in [0.15, 0.2) is 5.76 Å². The monoisotopic (exact) mass is 309 g/mol. The van der Waals surface area contributed by atoms with E-state index in [1.807, 2.05) is 19.3 Å². The van der Waals surface area contributed by atoms with Gasteiger partial charge < -0.3 is 19.6 Å². The molecule has 0 spiro atoms. The Hall–Kier alpha value is -3.28. The third-order valence-corrected chi connectivity index (χ3v) is 3.32. The van der Waals surface area contributed by atoms with E-state index in [1.165, 1.54) is 6.26 Å². The van der Waals surface area contributed by atoms with Gasteiger partial charge in [-0.15, -0.1) is 0 Å². The van der Waals surface area contributed by atoms with Crippen molar-refractivity contribution in [2.75, 3.05) is 10.6 Å². The molecule has 0 unspecified atom stereocenters. The lowest BCUT2D eigenvalue weighted by Crippen LogP contribution is -2.15. The SMILES string of the molecule is Cn1cccc1C(=O)Nc1ccc(NC(=O)c2ccco2)cc1. The van der Waals surface area contributed by atoms with Crippen LogP contribution in [-0.2, 0) is 7.05 Å². The Morgan fingerprint density at radius 2 is 1.57 bits per heavy atom. The van der Waals surface area contributed by atoms with Crippen LogP contribution >= 0.6 is 0 Å². The summed E-state index contributed by atoms with van der Waals surface area (Å²) in [7, 11) is 1.81. The fraction of sp³-hybridized carbons (Fsp3) is 0.0588. The second-order valence-electron chi connectivity index (χ2n) is 4.97. The van der Waals surface area contributed by atoms with Crippen LogP contribution in [0.1, 0.15) is 21.0 Å². The topological polar surface area (TPSA) is 76.3 Å². The summed E-state index contributed by atoms with van der Waals surface area (Å²) in [6, 6.07) is 13.6. The molecule has 2 heterocycles. The van der Waals surface area contributed by atoms with Crippen LogP contribution in [0.2, 0.25) is 0 Å². The van der Waals surface area contributed by atoms with E-state index in [9.17, 15) is 9.59 Å². The van der Waals surface area contributed by atoms with Crippen LogP contribution in [0.25, 0.3) is 0 Å². The van der Waals surface area contributed by atoms with Crippen LogP contribution in [-0.4, -0.2) is 16.4 Å². The van der Waals surface area contributed by atoms with Gasteiger partial charge in [-0.1, -0.05) is 0 Å². The lowest BCUT2D eigenvalue weighted by atomic mass is 10.2. The molecule has 1 aromatic carbocycles. The lowest BCUT2D eigenvalue weighted by Gasteiger charge is -2.08. The minimum atomic E-state index is -0.324. The number of hydrogen-bond acceptors (Lipinski definition) is 3. The maximum atomic E-state index is 12.1. The van der Waals surface area contributed by atoms with Crippen molar-refractivity contribution in [1.29, 1.82) is 0 Å². The molecule has 2 aromatic heterocycles. The zero-order chi connectivity index (χ0) is 16.2. The Bertz CT molecular complexity index is 817. The highest BCUT2D eigenvalue weighted by atomic mass is 16.3. The summed E-state index contributed by atoms with van der Waals surface area (Å²) in [5.41, 5.74) is 1.83. The summed E-state index contributed by atoms with van der Waals surface area (Å²) in [5, 5.41) is 5.51. The zero-order valence-corrected chi connectivity index (χ0v) is 12.4. The Kier molecular flexibility index (Phi) is 3.97. The van der Waals surface area contributed by atoms with Gasteiger partial charge in [-0.25, -0.2) is 0 Å². The minimum Gasteiger partial charge on any atom is -0.459 e. The molecule has 0 radical (unpaired) electrons. The molecule has 23 heavy (non-hydrogen) atoms. The van der Waals surface area contributed by atoms with Crippen molar-refractivity contribution in [1.82, 2.24) is 4.57 Å². The number of benzene rings is 1. The molecule has 3 aromatic rings. The van der Waals surface area contributed by atoms with Gasteiger partial charge in [0.05, 0.1) is 6.26 Å². The molecule has 6 heteroatoms. The normalized spacial score (nSPS) is 10.3. The molecule has 116 valence electrons. The Balaban J connectivity index is 1.64. The third kappa shape index (κ3) is 3.32. The molecule has 6 nitrogen and oxygen atoms in total. The zero-order valence-electron chi connectivity index (χ0n) is 12.4. The van der Waals surface area contributed by atoms with Crippen LogP contribution in [0.15, 0.2) is 65.4 Å². The Morgan fingerprint density at radius 3 is 2.09 bits per heavy atom. The van der Waals surface area contributed by atoms with Crippen molar-refractivity contribution in [3.05, 3.63) is 72.4 Å². The molecule has 0 saturated heterocycles. The second-order valence-corrected chi connectivity index (χ2v) is 4.97. The van der Waals surface area contributed by atoms with Crippen LogP contribution in [0.5, 0.6) is 0 Å². The summed E-state index contributed by atoms with van der Waals surface area (Å²) >= 11 is 0. The van der Waals surface area contributed by atoms with Gasteiger partial charge in [-0.3, -0.25) is 9.59 Å². The maximum absolute atomic E-state index is 12.1. The summed E-state index contributed by atoms with van der Waals surface area (Å²) < 4.78 is 6.77. The van der Waals surface area contributed by atoms with E-state index in [2.05, 4.69) is 10.6 Å². The number of nitrogens with zero attached hydrogens (tertiary/aromatic N) is 1. The number of carbonyl (C=O) groups excluding carboxylic acids is 2. The lowest BCUT2D eigenvalue weighted by molar-refractivity contribution is 0.0993. The number of hydrogen-bond donors (Lipinski definition) is 2. The number of carbonyl (C=O) groups is 2. The number of nitrogens with one attached hydrogen (secondary N) is 2. The van der Waals surface area contributed by atoms with Crippen molar-refractivity contribution in [3.63, 3.8) is 0 Å². The van der Waals surface area contributed by atoms with Crippen LogP contribution in [0.3, 0.4) is 0 Å². The molecule has 0 aliphatic carbocycles. The molecule has 3 rings (SSSR count). The summed E-state index contributed by atoms with van der Waals surface area (Å²) in [6.07, 6.45) is 3.25. The van der Waals surface area contributed by atoms with Gasteiger partial charge in [-0.05, 0) is 48.5 Å². The molecule has 0 aliphatic heterocycles. The summed E-state index contributed by atoms with van der Waals surface area (Å²) in [4.78, 5) is 24.0. The quantitative estimate of drug-likeness (QED) is 0.777. The maximum Gasteiger partial charge on any atom is 0.291 e. The molecule has 0 fully saturated rings. The van der Waals surface area contributed by atoms with Crippen LogP contribution in [0.4, 0.5) is 11.4 Å². The molecular formula is C17H15N3O3. The van der Waals surface area contributed by atoms with Crippen molar-refractivity contribution >= 4 is 23.2 Å². The Morgan fingerprint density at radius 1 is 0.913 bits per heavy atom. The molecule has 2 amide bonds. The number of furan rings is 1. The smallest absolute Gasteiger partial charge is 0.291 e. The first kappa shape index (κ1) is 14.6. The van der Waals surface area contributed by atoms with E-state index < -0.39 is 0 Å². The summed E-state index contributed by atoms with van der Waals surface area (Å²) in [5.74, 6) is -0.272. The summed E-state index contributed by atoms with van der Waals surface area (Å²) in [6.45, 7) is 0. The number of aryl methyl sites for hydroxylation is 1. The van der Waals surface area contributed by atoms with Crippen molar-refractivity contribution < 1.29 is 14.0 Å². The van der Waals surface area contributed by atoms with Crippen molar-refractivity contribution in [2.24, 2.45) is 7.05 Å². The van der Waals surface area contributed by atoms with Gasteiger partial charge in [0, 0.05) is 24.6 Å². The molecule has 0 bridgehead atoms. The second kappa shape index (κ2) is 6.23. The number of anilines is 2. The van der Waals surface area contributed by atoms with E-state index >= 15 is 0 Å². The van der Waals surface area contributed by atoms with Gasteiger partial charge in [0.2, 0.25) is 0 Å². The molecule has 0 atom stereocenters. The number of aromatic nitrogens is 1. The first-order valence-corrected chi connectivity index (χ1v) is 7.01. The number of amides is 2. The highest BCUT2D eigenvalue weighted by molar-refractivity contribution is 6.04. The van der Waals surface area contributed by atoms with Gasteiger partial charge in [0.25, 0.3) is 11.8 Å². The third-order valence-electron chi connectivity index (χ3n) is 3.32. The predicted molar refractivity (Wildman–Crippen MR) is 86.5 cm³/mol. The van der Waals surface area contributed by atoms with E-state index in [1.54, 1.807) is 47.0 Å². The first-order valence-electron chi connectivity index (χ1n) is 7.01. The predicted octanol–water partition coefficient (Wildman–Crippen LogP) is 3.12. The molecule has 2 N–H and O–H groups in total. The average Bonchev–Trinajstić information content (AvgIpc) is 3.20. The number of rotatable bonds is 4. The van der Waals surface area contributed by atoms with Gasteiger partial charge in [-0.2, -0.15) is 0 Å². The molecule has 0 aliphatic rings. The first-order chi connectivity index (χ1) is 11.1. The van der Waals surface area contributed by atoms with E-state index in [-0.39, 0.29) is 17.6 Å². The highest BCUT2D eigenvalue weighted by Crippen LogP contribution is 2.16. The minimum absolute atomic E-state index is 0.190. The Labute approximate surface area is 132 Å². The van der Waals surface area contributed by atoms with Crippen molar-refractivity contribution in [3.8, 4) is 0 Å². The largest absolute Gasteiger partial charge is 0.459 e. The van der Waals surface area contributed by atoms with Crippen molar-refractivity contribution in [2.45, 2.75) is 0 Å². The van der Waals surface area contributed by atoms with E-state index in [0.29, 0.717) is 17.1 Å². The molecule has 0 saturated carbocycles. The average molecular weight is 309 g/mol. The fourth-order valence-electron chi connectivity index (χ4n) is 2.13.